The van der Waals surface area contributed by atoms with E-state index in [4.69, 9.17) is 11.6 Å². The van der Waals surface area contributed by atoms with Gasteiger partial charge in [-0.2, -0.15) is 0 Å². The van der Waals surface area contributed by atoms with Crippen LogP contribution in [0.2, 0.25) is 5.02 Å². The third-order valence-corrected chi connectivity index (χ3v) is 7.70. The van der Waals surface area contributed by atoms with Gasteiger partial charge >= 0.3 is 0 Å². The number of sulfonamides is 1. The molecule has 0 radical (unpaired) electrons. The first-order valence-corrected chi connectivity index (χ1v) is 14.6. The first-order valence-electron chi connectivity index (χ1n) is 12.4. The molecule has 0 saturated heterocycles. The number of hydrogen-bond acceptors (Lipinski definition) is 4. The summed E-state index contributed by atoms with van der Waals surface area (Å²) in [5, 5.41) is 3.52. The molecular formula is C27H38ClN3O4S. The molecule has 2 rings (SSSR count). The van der Waals surface area contributed by atoms with E-state index in [0.717, 1.165) is 23.8 Å². The molecule has 0 bridgehead atoms. The minimum atomic E-state index is -3.55. The molecule has 0 heterocycles. The molecule has 198 valence electrons. The third kappa shape index (κ3) is 8.52. The van der Waals surface area contributed by atoms with E-state index >= 15 is 0 Å². The van der Waals surface area contributed by atoms with Crippen molar-refractivity contribution in [3.05, 3.63) is 64.7 Å². The van der Waals surface area contributed by atoms with Gasteiger partial charge in [0.05, 0.1) is 11.9 Å². The second kappa shape index (κ2) is 13.7. The Kier molecular flexibility index (Phi) is 11.2. The summed E-state index contributed by atoms with van der Waals surface area (Å²) in [7, 11) is -3.55. The summed E-state index contributed by atoms with van der Waals surface area (Å²) in [5.74, 6) is -0.360. The maximum Gasteiger partial charge on any atom is 0.243 e. The van der Waals surface area contributed by atoms with Crippen molar-refractivity contribution >= 4 is 39.1 Å². The van der Waals surface area contributed by atoms with Crippen LogP contribution >= 0.6 is 11.6 Å². The van der Waals surface area contributed by atoms with Crippen LogP contribution in [0.1, 0.15) is 57.6 Å². The maximum atomic E-state index is 13.5. The van der Waals surface area contributed by atoms with Gasteiger partial charge in [0.1, 0.15) is 6.04 Å². The number of rotatable bonds is 13. The van der Waals surface area contributed by atoms with Gasteiger partial charge in [0.25, 0.3) is 0 Å². The van der Waals surface area contributed by atoms with E-state index in [9.17, 15) is 18.0 Å². The molecule has 0 spiro atoms. The Morgan fingerprint density at radius 1 is 1.03 bits per heavy atom. The van der Waals surface area contributed by atoms with Crippen LogP contribution in [0.4, 0.5) is 5.69 Å². The summed E-state index contributed by atoms with van der Waals surface area (Å²) >= 11 is 5.95. The van der Waals surface area contributed by atoms with Crippen molar-refractivity contribution in [3.8, 4) is 0 Å². The normalized spacial score (nSPS) is 13.1. The lowest BCUT2D eigenvalue weighted by Gasteiger charge is -2.32. The highest BCUT2D eigenvalue weighted by Gasteiger charge is 2.29. The highest BCUT2D eigenvalue weighted by atomic mass is 35.5. The monoisotopic (exact) mass is 535 g/mol. The SMILES string of the molecule is CC[C@@H](C)NC(=O)[C@@H](CC)N(Cc1ccccc1C)C(=O)CCCN(c1ccc(Cl)cc1)S(C)(=O)=O. The van der Waals surface area contributed by atoms with Gasteiger partial charge in [-0.25, -0.2) is 8.42 Å². The number of anilines is 1. The first kappa shape index (κ1) is 29.6. The van der Waals surface area contributed by atoms with Crippen LogP contribution in [0.15, 0.2) is 48.5 Å². The van der Waals surface area contributed by atoms with E-state index in [-0.39, 0.29) is 30.8 Å². The molecule has 0 aliphatic rings. The van der Waals surface area contributed by atoms with Crippen molar-refractivity contribution in [2.45, 2.75) is 72.0 Å². The number of carbonyl (C=O) groups excluding carboxylic acids is 2. The number of hydrogen-bond donors (Lipinski definition) is 1. The molecule has 2 aromatic carbocycles. The fourth-order valence-corrected chi connectivity index (χ4v) is 5.03. The maximum absolute atomic E-state index is 13.5. The molecular weight excluding hydrogens is 498 g/mol. The molecule has 0 unspecified atom stereocenters. The molecule has 0 saturated carbocycles. The predicted octanol–water partition coefficient (Wildman–Crippen LogP) is 4.92. The highest BCUT2D eigenvalue weighted by Crippen LogP contribution is 2.22. The van der Waals surface area contributed by atoms with Crippen LogP contribution < -0.4 is 9.62 Å². The summed E-state index contributed by atoms with van der Waals surface area (Å²) in [6.07, 6.45) is 2.82. The third-order valence-electron chi connectivity index (χ3n) is 6.26. The molecule has 7 nitrogen and oxygen atoms in total. The molecule has 0 fully saturated rings. The zero-order valence-corrected chi connectivity index (χ0v) is 23.4. The van der Waals surface area contributed by atoms with Gasteiger partial charge in [-0.1, -0.05) is 49.7 Å². The minimum Gasteiger partial charge on any atom is -0.352 e. The fourth-order valence-electron chi connectivity index (χ4n) is 3.94. The number of amides is 2. The Morgan fingerprint density at radius 3 is 2.22 bits per heavy atom. The van der Waals surface area contributed by atoms with E-state index in [1.807, 2.05) is 52.0 Å². The fraction of sp³-hybridized carbons (Fsp3) is 0.481. The van der Waals surface area contributed by atoms with E-state index < -0.39 is 16.1 Å². The lowest BCUT2D eigenvalue weighted by molar-refractivity contribution is -0.141. The first-order chi connectivity index (χ1) is 17.0. The molecule has 9 heteroatoms. The van der Waals surface area contributed by atoms with Crippen molar-refractivity contribution in [2.24, 2.45) is 0 Å². The Labute approximate surface area is 220 Å². The number of nitrogens with one attached hydrogen (secondary N) is 1. The molecule has 36 heavy (non-hydrogen) atoms. The molecule has 2 atom stereocenters. The second-order valence-corrected chi connectivity index (χ2v) is 11.4. The van der Waals surface area contributed by atoms with Gasteiger partial charge < -0.3 is 10.2 Å². The number of nitrogens with zero attached hydrogens (tertiary/aromatic N) is 2. The summed E-state index contributed by atoms with van der Waals surface area (Å²) in [4.78, 5) is 28.2. The van der Waals surface area contributed by atoms with Crippen LogP contribution in [-0.2, 0) is 26.2 Å². The quantitative estimate of drug-likeness (QED) is 0.394. The van der Waals surface area contributed by atoms with Crippen molar-refractivity contribution in [2.75, 3.05) is 17.1 Å². The number of halogens is 1. The molecule has 0 aromatic heterocycles. The summed E-state index contributed by atoms with van der Waals surface area (Å²) in [6, 6.07) is 13.7. The van der Waals surface area contributed by atoms with Crippen molar-refractivity contribution < 1.29 is 18.0 Å². The highest BCUT2D eigenvalue weighted by molar-refractivity contribution is 7.92. The number of benzene rings is 2. The minimum absolute atomic E-state index is 0.00431. The van der Waals surface area contributed by atoms with Crippen LogP contribution in [0.3, 0.4) is 0 Å². The van der Waals surface area contributed by atoms with Crippen LogP contribution in [0.25, 0.3) is 0 Å². The average molecular weight is 536 g/mol. The molecule has 2 amide bonds. The van der Waals surface area contributed by atoms with Gasteiger partial charge in [0.15, 0.2) is 0 Å². The summed E-state index contributed by atoms with van der Waals surface area (Å²) in [6.45, 7) is 8.26. The Balaban J connectivity index is 2.23. The zero-order valence-electron chi connectivity index (χ0n) is 21.8. The van der Waals surface area contributed by atoms with E-state index in [2.05, 4.69) is 5.32 Å². The van der Waals surface area contributed by atoms with Gasteiger partial charge in [-0.05, 0) is 68.5 Å². The zero-order chi connectivity index (χ0) is 26.9. The number of aryl methyl sites for hydroxylation is 1. The summed E-state index contributed by atoms with van der Waals surface area (Å²) in [5.41, 5.74) is 2.50. The molecule has 0 aliphatic heterocycles. The van der Waals surface area contributed by atoms with E-state index in [0.29, 0.717) is 30.1 Å². The van der Waals surface area contributed by atoms with Crippen LogP contribution in [-0.4, -0.2) is 50.0 Å². The standard InChI is InChI=1S/C27H38ClN3O4S/c1-6-21(4)29-27(33)25(7-2)30(19-22-12-9-8-11-20(22)3)26(32)13-10-18-31(36(5,34)35)24-16-14-23(28)15-17-24/h8-9,11-12,14-17,21,25H,6-7,10,13,18-19H2,1-5H3,(H,29,33)/t21-,25-/m1/s1. The largest absolute Gasteiger partial charge is 0.352 e. The molecule has 1 N–H and O–H groups in total. The molecule has 0 aliphatic carbocycles. The van der Waals surface area contributed by atoms with Crippen molar-refractivity contribution in [1.82, 2.24) is 10.2 Å². The Morgan fingerprint density at radius 2 is 1.67 bits per heavy atom. The van der Waals surface area contributed by atoms with Crippen molar-refractivity contribution in [3.63, 3.8) is 0 Å². The van der Waals surface area contributed by atoms with Crippen molar-refractivity contribution in [1.29, 1.82) is 0 Å². The Bertz CT molecular complexity index is 1120. The number of carbonyl (C=O) groups is 2. The van der Waals surface area contributed by atoms with E-state index in [1.165, 1.54) is 4.31 Å². The smallest absolute Gasteiger partial charge is 0.243 e. The van der Waals surface area contributed by atoms with Crippen LogP contribution in [0, 0.1) is 6.92 Å². The lowest BCUT2D eigenvalue weighted by atomic mass is 10.0. The van der Waals surface area contributed by atoms with Gasteiger partial charge in [-0.3, -0.25) is 13.9 Å². The predicted molar refractivity (Wildman–Crippen MR) is 147 cm³/mol. The average Bonchev–Trinajstić information content (AvgIpc) is 2.82. The van der Waals surface area contributed by atoms with Gasteiger partial charge in [-0.15, -0.1) is 0 Å². The van der Waals surface area contributed by atoms with Crippen LogP contribution in [0.5, 0.6) is 0 Å². The van der Waals surface area contributed by atoms with E-state index in [1.54, 1.807) is 29.2 Å². The van der Waals surface area contributed by atoms with Gasteiger partial charge in [0.2, 0.25) is 21.8 Å². The topological polar surface area (TPSA) is 86.8 Å². The molecule has 2 aromatic rings. The van der Waals surface area contributed by atoms with Gasteiger partial charge in [0, 0.05) is 30.6 Å². The summed E-state index contributed by atoms with van der Waals surface area (Å²) < 4.78 is 26.1. The lowest BCUT2D eigenvalue weighted by Crippen LogP contribution is -2.50. The Hall–Kier alpha value is -2.58. The second-order valence-electron chi connectivity index (χ2n) is 9.11.